The minimum atomic E-state index is -0.768. The number of hydrogen-bond acceptors (Lipinski definition) is 5. The van der Waals surface area contributed by atoms with E-state index in [1.807, 2.05) is 30.3 Å². The van der Waals surface area contributed by atoms with Crippen LogP contribution in [0.1, 0.15) is 22.7 Å². The van der Waals surface area contributed by atoms with Crippen molar-refractivity contribution in [2.24, 2.45) is 0 Å². The summed E-state index contributed by atoms with van der Waals surface area (Å²) < 4.78 is 11.2. The van der Waals surface area contributed by atoms with E-state index in [-0.39, 0.29) is 17.9 Å². The van der Waals surface area contributed by atoms with Crippen molar-refractivity contribution in [3.05, 3.63) is 100 Å². The van der Waals surface area contributed by atoms with Gasteiger partial charge in [0.15, 0.2) is 11.5 Å². The number of amides is 1. The zero-order valence-corrected chi connectivity index (χ0v) is 18.3. The lowest BCUT2D eigenvalue weighted by atomic mass is 9.95. The molecule has 3 aromatic rings. The van der Waals surface area contributed by atoms with Crippen LogP contribution in [-0.2, 0) is 16.1 Å². The average molecular weight is 462 g/mol. The number of carbonyl (C=O) groups excluding carboxylic acids is 2. The minimum Gasteiger partial charge on any atom is -0.507 e. The molecule has 2 aliphatic rings. The van der Waals surface area contributed by atoms with Crippen LogP contribution in [0.2, 0.25) is 5.02 Å². The van der Waals surface area contributed by atoms with Gasteiger partial charge in [0.1, 0.15) is 19.0 Å². The fourth-order valence-corrected chi connectivity index (χ4v) is 4.29. The molecule has 0 saturated carbocycles. The molecule has 2 aliphatic heterocycles. The largest absolute Gasteiger partial charge is 0.507 e. The van der Waals surface area contributed by atoms with Crippen molar-refractivity contribution in [1.29, 1.82) is 0 Å². The molecule has 1 N–H and O–H groups in total. The number of hydrogen-bond donors (Lipinski definition) is 1. The van der Waals surface area contributed by atoms with E-state index in [0.29, 0.717) is 40.9 Å². The van der Waals surface area contributed by atoms with Crippen LogP contribution in [0, 0.1) is 0 Å². The summed E-state index contributed by atoms with van der Waals surface area (Å²) in [5.41, 5.74) is 1.94. The highest BCUT2D eigenvalue weighted by molar-refractivity contribution is 6.46. The fourth-order valence-electron chi connectivity index (χ4n) is 4.16. The Labute approximate surface area is 195 Å². The lowest BCUT2D eigenvalue weighted by molar-refractivity contribution is -0.140. The van der Waals surface area contributed by atoms with Crippen molar-refractivity contribution >= 4 is 29.1 Å². The number of aliphatic hydroxyl groups excluding tert-OH is 1. The number of aliphatic hydroxyl groups is 1. The van der Waals surface area contributed by atoms with Crippen molar-refractivity contribution in [3.63, 3.8) is 0 Å². The number of benzene rings is 3. The Morgan fingerprint density at radius 1 is 0.939 bits per heavy atom. The van der Waals surface area contributed by atoms with Gasteiger partial charge in [-0.15, -0.1) is 0 Å². The molecule has 1 saturated heterocycles. The summed E-state index contributed by atoms with van der Waals surface area (Å²) >= 11 is 6.07. The predicted molar refractivity (Wildman–Crippen MR) is 123 cm³/mol. The molecule has 1 fully saturated rings. The molecule has 1 unspecified atom stereocenters. The van der Waals surface area contributed by atoms with Crippen molar-refractivity contribution in [2.75, 3.05) is 13.2 Å². The second-order valence-corrected chi connectivity index (χ2v) is 8.26. The monoisotopic (exact) mass is 461 g/mol. The van der Waals surface area contributed by atoms with Crippen LogP contribution >= 0.6 is 11.6 Å². The van der Waals surface area contributed by atoms with Gasteiger partial charge >= 0.3 is 0 Å². The van der Waals surface area contributed by atoms with Gasteiger partial charge in [-0.3, -0.25) is 9.59 Å². The van der Waals surface area contributed by atoms with Gasteiger partial charge in [0.25, 0.3) is 11.7 Å². The van der Waals surface area contributed by atoms with Gasteiger partial charge in [-0.2, -0.15) is 0 Å². The van der Waals surface area contributed by atoms with Gasteiger partial charge in [-0.25, -0.2) is 0 Å². The molecule has 6 nitrogen and oxygen atoms in total. The first-order chi connectivity index (χ1) is 16.0. The van der Waals surface area contributed by atoms with E-state index in [4.69, 9.17) is 21.1 Å². The molecule has 0 spiro atoms. The molecule has 3 aromatic carbocycles. The second kappa shape index (κ2) is 8.64. The minimum absolute atomic E-state index is 0.0231. The van der Waals surface area contributed by atoms with Crippen LogP contribution in [0.5, 0.6) is 11.5 Å². The van der Waals surface area contributed by atoms with E-state index in [0.717, 1.165) is 5.56 Å². The summed E-state index contributed by atoms with van der Waals surface area (Å²) in [5, 5.41) is 11.8. The maximum atomic E-state index is 13.2. The van der Waals surface area contributed by atoms with E-state index >= 15 is 0 Å². The third-order valence-corrected chi connectivity index (χ3v) is 5.99. The summed E-state index contributed by atoms with van der Waals surface area (Å²) in [5.74, 6) is -0.625. The molecule has 1 atom stereocenters. The molecule has 0 aliphatic carbocycles. The van der Waals surface area contributed by atoms with E-state index in [2.05, 4.69) is 0 Å². The number of rotatable bonds is 4. The van der Waals surface area contributed by atoms with E-state index in [9.17, 15) is 14.7 Å². The van der Waals surface area contributed by atoms with Gasteiger partial charge in [-0.05, 0) is 41.5 Å². The standard InChI is InChI=1S/C26H20ClNO5/c27-19-9-6-17(7-10-19)23-22(24(29)18-8-11-20-21(14-18)33-13-12-32-20)25(30)26(31)28(23)15-16-4-2-1-3-5-16/h1-11,14,23,29H,12-13,15H2/b24-22+. The summed E-state index contributed by atoms with van der Waals surface area (Å²) in [6.45, 7) is 1.06. The third-order valence-electron chi connectivity index (χ3n) is 5.74. The molecule has 0 bridgehead atoms. The molecule has 2 heterocycles. The number of halogens is 1. The van der Waals surface area contributed by atoms with Gasteiger partial charge in [-0.1, -0.05) is 54.1 Å². The zero-order chi connectivity index (χ0) is 22.9. The van der Waals surface area contributed by atoms with Crippen LogP contribution in [0.25, 0.3) is 5.76 Å². The number of ether oxygens (including phenoxy) is 2. The molecule has 7 heteroatoms. The Kier molecular flexibility index (Phi) is 5.52. The van der Waals surface area contributed by atoms with Crippen LogP contribution in [-0.4, -0.2) is 34.9 Å². The van der Waals surface area contributed by atoms with Crippen molar-refractivity contribution < 1.29 is 24.2 Å². The number of fused-ring (bicyclic) bond motifs is 1. The summed E-state index contributed by atoms with van der Waals surface area (Å²) in [6.07, 6.45) is 0. The van der Waals surface area contributed by atoms with E-state index in [1.165, 1.54) is 4.90 Å². The Morgan fingerprint density at radius 3 is 2.36 bits per heavy atom. The lowest BCUT2D eigenvalue weighted by Crippen LogP contribution is -2.29. The number of Topliss-reactive ketones (excluding diaryl/α,β-unsaturated/α-hetero) is 1. The van der Waals surface area contributed by atoms with E-state index < -0.39 is 17.7 Å². The van der Waals surface area contributed by atoms with Gasteiger partial charge in [0, 0.05) is 17.1 Å². The number of carbonyl (C=O) groups is 2. The number of nitrogens with zero attached hydrogens (tertiary/aromatic N) is 1. The van der Waals surface area contributed by atoms with Crippen molar-refractivity contribution in [2.45, 2.75) is 12.6 Å². The summed E-state index contributed by atoms with van der Waals surface area (Å²) in [6, 6.07) is 20.5. The number of ketones is 1. The lowest BCUT2D eigenvalue weighted by Gasteiger charge is -2.25. The zero-order valence-electron chi connectivity index (χ0n) is 17.5. The molecule has 5 rings (SSSR count). The highest BCUT2D eigenvalue weighted by Gasteiger charge is 2.46. The molecular formula is C26H20ClNO5. The quantitative estimate of drug-likeness (QED) is 0.345. The highest BCUT2D eigenvalue weighted by atomic mass is 35.5. The Bertz CT molecular complexity index is 1250. The molecule has 1 amide bonds. The van der Waals surface area contributed by atoms with Gasteiger partial charge in [0.05, 0.1) is 11.6 Å². The number of likely N-dealkylation sites (tertiary alicyclic amines) is 1. The second-order valence-electron chi connectivity index (χ2n) is 7.82. The van der Waals surface area contributed by atoms with Crippen LogP contribution in [0.15, 0.2) is 78.4 Å². The Morgan fingerprint density at radius 2 is 1.64 bits per heavy atom. The van der Waals surface area contributed by atoms with Crippen molar-refractivity contribution in [3.8, 4) is 11.5 Å². The molecular weight excluding hydrogens is 442 g/mol. The molecule has 0 radical (unpaired) electrons. The summed E-state index contributed by atoms with van der Waals surface area (Å²) in [4.78, 5) is 27.7. The predicted octanol–water partition coefficient (Wildman–Crippen LogP) is 4.73. The maximum Gasteiger partial charge on any atom is 0.295 e. The molecule has 166 valence electrons. The summed E-state index contributed by atoms with van der Waals surface area (Å²) in [7, 11) is 0. The van der Waals surface area contributed by atoms with Gasteiger partial charge in [0.2, 0.25) is 0 Å². The topological polar surface area (TPSA) is 76.1 Å². The first-order valence-corrected chi connectivity index (χ1v) is 10.9. The average Bonchev–Trinajstić information content (AvgIpc) is 3.09. The molecule has 33 heavy (non-hydrogen) atoms. The Hall–Kier alpha value is -3.77. The smallest absolute Gasteiger partial charge is 0.295 e. The molecule has 0 aromatic heterocycles. The van der Waals surface area contributed by atoms with Gasteiger partial charge < -0.3 is 19.5 Å². The fraction of sp³-hybridized carbons (Fsp3) is 0.154. The van der Waals surface area contributed by atoms with E-state index in [1.54, 1.807) is 42.5 Å². The first kappa shape index (κ1) is 21.1. The van der Waals surface area contributed by atoms with Crippen LogP contribution in [0.3, 0.4) is 0 Å². The SMILES string of the molecule is O=C1C(=O)N(Cc2ccccc2)C(c2ccc(Cl)cc2)/C1=C(\O)c1ccc2c(c1)OCCO2. The van der Waals surface area contributed by atoms with Crippen LogP contribution in [0.4, 0.5) is 0 Å². The Balaban J connectivity index is 1.63. The van der Waals surface area contributed by atoms with Crippen LogP contribution < -0.4 is 9.47 Å². The maximum absolute atomic E-state index is 13.2. The van der Waals surface area contributed by atoms with Crippen molar-refractivity contribution in [1.82, 2.24) is 4.90 Å². The normalized spacial score (nSPS) is 19.1. The first-order valence-electron chi connectivity index (χ1n) is 10.5. The third kappa shape index (κ3) is 3.94. The highest BCUT2D eigenvalue weighted by Crippen LogP contribution is 2.42.